The van der Waals surface area contributed by atoms with Crippen LogP contribution in [0, 0.1) is 13.8 Å². The van der Waals surface area contributed by atoms with E-state index in [1.807, 2.05) is 39.8 Å². The highest BCUT2D eigenvalue weighted by Gasteiger charge is 2.29. The van der Waals surface area contributed by atoms with Gasteiger partial charge >= 0.3 is 5.97 Å². The minimum Gasteiger partial charge on any atom is -0.426 e. The van der Waals surface area contributed by atoms with E-state index in [0.717, 1.165) is 16.7 Å². The molecule has 114 valence electrons. The third kappa shape index (κ3) is 4.43. The SMILES string of the molecule is BC(=O)CC(C)(C)c1c(C)ccc(C)c1OC(=O)CCN. The molecule has 0 fully saturated rings. The van der Waals surface area contributed by atoms with Crippen LogP contribution >= 0.6 is 0 Å². The molecule has 0 aliphatic rings. The van der Waals surface area contributed by atoms with Crippen molar-refractivity contribution in [2.24, 2.45) is 5.73 Å². The lowest BCUT2D eigenvalue weighted by Crippen LogP contribution is -2.25. The predicted octanol–water partition coefficient (Wildman–Crippen LogP) is 1.39. The number of esters is 1. The van der Waals surface area contributed by atoms with Gasteiger partial charge in [0.05, 0.1) is 12.1 Å². The molecule has 2 N–H and O–H groups in total. The van der Waals surface area contributed by atoms with Crippen molar-refractivity contribution in [3.8, 4) is 5.75 Å². The quantitative estimate of drug-likeness (QED) is 0.488. The zero-order valence-electron chi connectivity index (χ0n) is 13.6. The Morgan fingerprint density at radius 3 is 2.33 bits per heavy atom. The van der Waals surface area contributed by atoms with Crippen LogP contribution in [0.2, 0.25) is 0 Å². The Hall–Kier alpha value is -1.62. The number of rotatable bonds is 6. The normalized spacial score (nSPS) is 11.3. The van der Waals surface area contributed by atoms with Crippen molar-refractivity contribution >= 4 is 19.5 Å². The smallest absolute Gasteiger partial charge is 0.312 e. The average Bonchev–Trinajstić information content (AvgIpc) is 2.32. The summed E-state index contributed by atoms with van der Waals surface area (Å²) in [6, 6.07) is 3.92. The second kappa shape index (κ2) is 6.90. The molecule has 0 atom stereocenters. The van der Waals surface area contributed by atoms with Crippen LogP contribution in [0.3, 0.4) is 0 Å². The summed E-state index contributed by atoms with van der Waals surface area (Å²) in [5.74, 6) is 0.228. The molecule has 5 heteroatoms. The molecule has 1 rings (SSSR count). The van der Waals surface area contributed by atoms with Crippen LogP contribution in [0.4, 0.5) is 0 Å². The van der Waals surface area contributed by atoms with Gasteiger partial charge in [-0.1, -0.05) is 26.0 Å². The number of nitrogens with two attached hydrogens (primary N) is 1. The van der Waals surface area contributed by atoms with Gasteiger partial charge in [-0.15, -0.1) is 0 Å². The van der Waals surface area contributed by atoms with Gasteiger partial charge < -0.3 is 15.3 Å². The topological polar surface area (TPSA) is 69.4 Å². The lowest BCUT2D eigenvalue weighted by molar-refractivity contribution is -0.134. The van der Waals surface area contributed by atoms with Gasteiger partial charge in [0.1, 0.15) is 5.75 Å². The van der Waals surface area contributed by atoms with Gasteiger partial charge in [0.25, 0.3) is 0 Å². The number of hydrogen-bond acceptors (Lipinski definition) is 4. The Balaban J connectivity index is 3.32. The zero-order valence-corrected chi connectivity index (χ0v) is 13.6. The fraction of sp³-hybridized carbons (Fsp3) is 0.500. The maximum absolute atomic E-state index is 11.8. The first-order valence-corrected chi connectivity index (χ1v) is 7.20. The fourth-order valence-corrected chi connectivity index (χ4v) is 2.75. The Bertz CT molecular complexity index is 553. The van der Waals surface area contributed by atoms with Gasteiger partial charge in [-0.2, -0.15) is 0 Å². The van der Waals surface area contributed by atoms with E-state index >= 15 is 0 Å². The van der Waals surface area contributed by atoms with Gasteiger partial charge in [0, 0.05) is 18.5 Å². The lowest BCUT2D eigenvalue weighted by atomic mass is 9.74. The second-order valence-electron chi connectivity index (χ2n) is 6.18. The summed E-state index contributed by atoms with van der Waals surface area (Å²) >= 11 is 0. The highest BCUT2D eigenvalue weighted by molar-refractivity contribution is 6.57. The fourth-order valence-electron chi connectivity index (χ4n) is 2.75. The Morgan fingerprint density at radius 2 is 1.81 bits per heavy atom. The molecule has 21 heavy (non-hydrogen) atoms. The molecule has 0 saturated carbocycles. The molecular formula is C16H24BNO3. The van der Waals surface area contributed by atoms with Crippen molar-refractivity contribution < 1.29 is 14.3 Å². The summed E-state index contributed by atoms with van der Waals surface area (Å²) in [6.45, 7) is 8.12. The molecular weight excluding hydrogens is 265 g/mol. The number of carbonyl (C=O) groups is 2. The third-order valence-corrected chi connectivity index (χ3v) is 3.49. The van der Waals surface area contributed by atoms with Crippen molar-refractivity contribution in [2.75, 3.05) is 6.54 Å². The molecule has 0 aromatic heterocycles. The number of ether oxygens (including phenoxy) is 1. The van der Waals surface area contributed by atoms with Crippen molar-refractivity contribution in [2.45, 2.75) is 46.0 Å². The van der Waals surface area contributed by atoms with Gasteiger partial charge in [0.2, 0.25) is 0 Å². The second-order valence-corrected chi connectivity index (χ2v) is 6.18. The van der Waals surface area contributed by atoms with Crippen molar-refractivity contribution in [1.29, 1.82) is 0 Å². The molecule has 0 bridgehead atoms. The summed E-state index contributed by atoms with van der Waals surface area (Å²) in [7, 11) is 1.58. The van der Waals surface area contributed by atoms with Crippen molar-refractivity contribution in [1.82, 2.24) is 0 Å². The Morgan fingerprint density at radius 1 is 1.24 bits per heavy atom. The van der Waals surface area contributed by atoms with E-state index in [1.165, 1.54) is 0 Å². The molecule has 0 spiro atoms. The first kappa shape index (κ1) is 17.4. The van der Waals surface area contributed by atoms with Crippen LogP contribution in [-0.2, 0) is 15.0 Å². The molecule has 0 amide bonds. The van der Waals surface area contributed by atoms with Crippen LogP contribution in [0.5, 0.6) is 5.75 Å². The standard InChI is InChI=1S/C16H24BNO3/c1-10-5-6-11(2)15(21-13(20)7-8-18)14(10)16(3,4)9-12(17)19/h5-6H,7-9,17-18H2,1-4H3. The maximum atomic E-state index is 11.8. The molecule has 4 nitrogen and oxygen atoms in total. The predicted molar refractivity (Wildman–Crippen MR) is 86.4 cm³/mol. The van der Waals surface area contributed by atoms with Crippen LogP contribution in [0.1, 0.15) is 43.4 Å². The molecule has 0 radical (unpaired) electrons. The average molecular weight is 289 g/mol. The largest absolute Gasteiger partial charge is 0.426 e. The summed E-state index contributed by atoms with van der Waals surface area (Å²) in [5.41, 5.74) is 7.94. The van der Waals surface area contributed by atoms with E-state index in [1.54, 1.807) is 7.85 Å². The maximum Gasteiger partial charge on any atom is 0.312 e. The molecule has 0 saturated heterocycles. The van der Waals surface area contributed by atoms with E-state index in [0.29, 0.717) is 12.2 Å². The Labute approximate surface area is 127 Å². The molecule has 0 aliphatic heterocycles. The first-order valence-electron chi connectivity index (χ1n) is 7.20. The van der Waals surface area contributed by atoms with Crippen molar-refractivity contribution in [3.63, 3.8) is 0 Å². The van der Waals surface area contributed by atoms with E-state index in [-0.39, 0.29) is 30.0 Å². The van der Waals surface area contributed by atoms with Crippen LogP contribution < -0.4 is 10.5 Å². The highest BCUT2D eigenvalue weighted by Crippen LogP contribution is 2.39. The first-order chi connectivity index (χ1) is 9.69. The third-order valence-electron chi connectivity index (χ3n) is 3.49. The zero-order chi connectivity index (χ0) is 16.2. The summed E-state index contributed by atoms with van der Waals surface area (Å²) < 4.78 is 5.54. The molecule has 0 aliphatic carbocycles. The monoisotopic (exact) mass is 289 g/mol. The molecule has 0 heterocycles. The van der Waals surface area contributed by atoms with E-state index in [9.17, 15) is 9.59 Å². The van der Waals surface area contributed by atoms with Crippen LogP contribution in [-0.4, -0.2) is 26.0 Å². The summed E-state index contributed by atoms with van der Waals surface area (Å²) in [5, 5.41) is 0. The van der Waals surface area contributed by atoms with Gasteiger partial charge in [-0.3, -0.25) is 4.79 Å². The van der Waals surface area contributed by atoms with E-state index < -0.39 is 0 Å². The molecule has 1 aromatic rings. The number of aryl methyl sites for hydroxylation is 2. The number of benzene rings is 1. The van der Waals surface area contributed by atoms with Gasteiger partial charge in [0.15, 0.2) is 7.85 Å². The lowest BCUT2D eigenvalue weighted by Gasteiger charge is -2.29. The number of hydrogen-bond donors (Lipinski definition) is 1. The van der Waals surface area contributed by atoms with E-state index in [4.69, 9.17) is 10.5 Å². The summed E-state index contributed by atoms with van der Waals surface area (Å²) in [4.78, 5) is 23.3. The number of carbonyl (C=O) groups excluding carboxylic acids is 2. The molecule has 1 aromatic carbocycles. The van der Waals surface area contributed by atoms with Crippen LogP contribution in [0.25, 0.3) is 0 Å². The minimum absolute atomic E-state index is 0.111. The highest BCUT2D eigenvalue weighted by atomic mass is 16.5. The minimum atomic E-state index is -0.389. The van der Waals surface area contributed by atoms with Gasteiger partial charge in [-0.05, 0) is 30.4 Å². The van der Waals surface area contributed by atoms with Crippen LogP contribution in [0.15, 0.2) is 12.1 Å². The summed E-state index contributed by atoms with van der Waals surface area (Å²) in [6.07, 6.45) is 0.582. The van der Waals surface area contributed by atoms with E-state index in [2.05, 4.69) is 0 Å². The molecule has 0 unspecified atom stereocenters. The van der Waals surface area contributed by atoms with Gasteiger partial charge in [-0.25, -0.2) is 0 Å². The van der Waals surface area contributed by atoms with Crippen molar-refractivity contribution in [3.05, 3.63) is 28.8 Å². The Kier molecular flexibility index (Phi) is 5.73.